The number of imidazole rings is 1. The van der Waals surface area contributed by atoms with Crippen LogP contribution in [0.25, 0.3) is 21.1 Å². The molecule has 5 aromatic rings. The van der Waals surface area contributed by atoms with Crippen molar-refractivity contribution in [2.75, 3.05) is 0 Å². The van der Waals surface area contributed by atoms with Gasteiger partial charge in [0.1, 0.15) is 4.88 Å². The van der Waals surface area contributed by atoms with Crippen molar-refractivity contribution in [3.8, 4) is 0 Å². The molecule has 0 aliphatic rings. The lowest BCUT2D eigenvalue weighted by molar-refractivity contribution is 0.0959. The molecule has 0 amide bonds. The van der Waals surface area contributed by atoms with Crippen molar-refractivity contribution in [1.29, 1.82) is 0 Å². The first kappa shape index (κ1) is 19.6. The fourth-order valence-corrected chi connectivity index (χ4v) is 6.17. The SMILES string of the molecule is O=C(c1sc2cccc(Cl)c2c1Cl)n1c(SCc2ccccc2)nc2ccccc21. The normalized spacial score (nSPS) is 11.4. The van der Waals surface area contributed by atoms with E-state index in [0.29, 0.717) is 25.8 Å². The summed E-state index contributed by atoms with van der Waals surface area (Å²) < 4.78 is 2.55. The Kier molecular flexibility index (Phi) is 5.29. The van der Waals surface area contributed by atoms with Crippen LogP contribution in [0.1, 0.15) is 15.2 Å². The van der Waals surface area contributed by atoms with Crippen LogP contribution in [0.3, 0.4) is 0 Å². The number of benzene rings is 3. The van der Waals surface area contributed by atoms with Gasteiger partial charge in [0, 0.05) is 15.8 Å². The molecule has 0 atom stereocenters. The van der Waals surface area contributed by atoms with Crippen LogP contribution in [0.5, 0.6) is 0 Å². The van der Waals surface area contributed by atoms with Crippen molar-refractivity contribution in [3.63, 3.8) is 0 Å². The Hall–Kier alpha value is -2.31. The van der Waals surface area contributed by atoms with Gasteiger partial charge in [-0.2, -0.15) is 0 Å². The van der Waals surface area contributed by atoms with Crippen LogP contribution in [-0.4, -0.2) is 15.5 Å². The molecule has 0 aliphatic carbocycles. The zero-order chi connectivity index (χ0) is 20.7. The van der Waals surface area contributed by atoms with E-state index in [4.69, 9.17) is 28.2 Å². The summed E-state index contributed by atoms with van der Waals surface area (Å²) in [6.45, 7) is 0. The molecule has 0 N–H and O–H groups in total. The summed E-state index contributed by atoms with van der Waals surface area (Å²) in [7, 11) is 0. The third kappa shape index (κ3) is 3.42. The van der Waals surface area contributed by atoms with E-state index in [1.54, 1.807) is 10.6 Å². The van der Waals surface area contributed by atoms with Crippen LogP contribution in [0.15, 0.2) is 78.0 Å². The maximum absolute atomic E-state index is 13.6. The van der Waals surface area contributed by atoms with Gasteiger partial charge in [-0.1, -0.05) is 83.5 Å². The maximum Gasteiger partial charge on any atom is 0.276 e. The number of rotatable bonds is 4. The Bertz CT molecular complexity index is 1390. The molecule has 2 aromatic heterocycles. The number of fused-ring (bicyclic) bond motifs is 2. The predicted molar refractivity (Wildman–Crippen MR) is 127 cm³/mol. The van der Waals surface area contributed by atoms with Gasteiger partial charge in [-0.15, -0.1) is 11.3 Å². The Morgan fingerprint density at radius 1 is 0.967 bits per heavy atom. The summed E-state index contributed by atoms with van der Waals surface area (Å²) in [6.07, 6.45) is 0. The first-order chi connectivity index (χ1) is 14.6. The Balaban J connectivity index is 1.62. The van der Waals surface area contributed by atoms with Gasteiger partial charge in [-0.25, -0.2) is 4.98 Å². The third-order valence-electron chi connectivity index (χ3n) is 4.74. The predicted octanol–water partition coefficient (Wildman–Crippen LogP) is 7.54. The molecular weight excluding hydrogens is 455 g/mol. The topological polar surface area (TPSA) is 34.9 Å². The van der Waals surface area contributed by atoms with E-state index in [1.807, 2.05) is 54.6 Å². The lowest BCUT2D eigenvalue weighted by atomic mass is 10.2. The Labute approximate surface area is 191 Å². The fourth-order valence-electron chi connectivity index (χ4n) is 3.33. The standard InChI is InChI=1S/C23H14Cl2N2OS2/c24-15-9-6-12-18-19(15)20(25)21(30-18)22(28)27-17-11-5-4-10-16(17)26-23(27)29-13-14-7-2-1-3-8-14/h1-12H,13H2. The highest BCUT2D eigenvalue weighted by atomic mass is 35.5. The summed E-state index contributed by atoms with van der Waals surface area (Å²) in [5.74, 6) is 0.519. The number of para-hydroxylation sites is 2. The minimum Gasteiger partial charge on any atom is -0.267 e. The first-order valence-corrected chi connectivity index (χ1v) is 11.7. The van der Waals surface area contributed by atoms with Crippen LogP contribution in [-0.2, 0) is 5.75 Å². The van der Waals surface area contributed by atoms with Crippen LogP contribution in [0, 0.1) is 0 Å². The highest BCUT2D eigenvalue weighted by molar-refractivity contribution is 7.98. The fraction of sp³-hybridized carbons (Fsp3) is 0.0435. The molecule has 0 saturated heterocycles. The quantitative estimate of drug-likeness (QED) is 0.255. The highest BCUT2D eigenvalue weighted by Crippen LogP contribution is 2.40. The van der Waals surface area contributed by atoms with Crippen LogP contribution >= 0.6 is 46.3 Å². The second kappa shape index (κ2) is 8.08. The lowest BCUT2D eigenvalue weighted by Crippen LogP contribution is -2.12. The molecule has 0 unspecified atom stereocenters. The number of thiophene rings is 1. The van der Waals surface area contributed by atoms with E-state index in [9.17, 15) is 4.79 Å². The summed E-state index contributed by atoms with van der Waals surface area (Å²) in [5, 5.41) is 2.30. The summed E-state index contributed by atoms with van der Waals surface area (Å²) >= 11 is 15.8. The zero-order valence-corrected chi connectivity index (χ0v) is 18.7. The minimum absolute atomic E-state index is 0.193. The second-order valence-corrected chi connectivity index (χ2v) is 9.44. The number of hydrogen-bond acceptors (Lipinski definition) is 4. The number of aromatic nitrogens is 2. The number of nitrogens with zero attached hydrogens (tertiary/aromatic N) is 2. The van der Waals surface area contributed by atoms with E-state index in [0.717, 1.165) is 21.1 Å². The van der Waals surface area contributed by atoms with E-state index in [-0.39, 0.29) is 5.91 Å². The van der Waals surface area contributed by atoms with Gasteiger partial charge in [0.2, 0.25) is 0 Å². The van der Waals surface area contributed by atoms with Gasteiger partial charge >= 0.3 is 0 Å². The van der Waals surface area contributed by atoms with E-state index in [1.165, 1.54) is 28.7 Å². The average molecular weight is 469 g/mol. The molecule has 0 fully saturated rings. The van der Waals surface area contributed by atoms with Gasteiger partial charge in [0.15, 0.2) is 5.16 Å². The molecule has 5 rings (SSSR count). The van der Waals surface area contributed by atoms with Crippen molar-refractivity contribution in [3.05, 3.63) is 93.3 Å². The summed E-state index contributed by atoms with van der Waals surface area (Å²) in [6, 6.07) is 23.3. The Morgan fingerprint density at radius 2 is 1.73 bits per heavy atom. The maximum atomic E-state index is 13.6. The molecule has 7 heteroatoms. The van der Waals surface area contributed by atoms with E-state index >= 15 is 0 Å². The molecule has 3 nitrogen and oxygen atoms in total. The van der Waals surface area contributed by atoms with E-state index < -0.39 is 0 Å². The number of halogens is 2. The number of carbonyl (C=O) groups excluding carboxylic acids is 1. The van der Waals surface area contributed by atoms with Crippen LogP contribution in [0.4, 0.5) is 0 Å². The minimum atomic E-state index is -0.193. The van der Waals surface area contributed by atoms with Crippen LogP contribution < -0.4 is 0 Å². The van der Waals surface area contributed by atoms with Gasteiger partial charge in [-0.3, -0.25) is 9.36 Å². The van der Waals surface area contributed by atoms with Gasteiger partial charge in [-0.05, 0) is 29.8 Å². The molecule has 0 spiro atoms. The molecule has 0 saturated carbocycles. The second-order valence-electron chi connectivity index (χ2n) is 6.66. The first-order valence-electron chi connectivity index (χ1n) is 9.19. The lowest BCUT2D eigenvalue weighted by Gasteiger charge is -2.07. The van der Waals surface area contributed by atoms with E-state index in [2.05, 4.69) is 12.1 Å². The third-order valence-corrected chi connectivity index (χ3v) is 7.70. The van der Waals surface area contributed by atoms with Crippen molar-refractivity contribution in [2.24, 2.45) is 0 Å². The summed E-state index contributed by atoms with van der Waals surface area (Å²) in [4.78, 5) is 18.8. The molecule has 3 aromatic carbocycles. The zero-order valence-electron chi connectivity index (χ0n) is 15.5. The number of thioether (sulfide) groups is 1. The molecule has 0 radical (unpaired) electrons. The highest BCUT2D eigenvalue weighted by Gasteiger charge is 2.24. The molecular formula is C23H14Cl2N2OS2. The largest absolute Gasteiger partial charge is 0.276 e. The molecule has 2 heterocycles. The number of hydrogen-bond donors (Lipinski definition) is 0. The van der Waals surface area contributed by atoms with Crippen LogP contribution in [0.2, 0.25) is 10.0 Å². The molecule has 0 aliphatic heterocycles. The smallest absolute Gasteiger partial charge is 0.267 e. The van der Waals surface area contributed by atoms with Gasteiger partial charge in [0.25, 0.3) is 5.91 Å². The van der Waals surface area contributed by atoms with Crippen molar-refractivity contribution in [2.45, 2.75) is 10.9 Å². The Morgan fingerprint density at radius 3 is 2.53 bits per heavy atom. The molecule has 0 bridgehead atoms. The molecule has 30 heavy (non-hydrogen) atoms. The van der Waals surface area contributed by atoms with Crippen molar-refractivity contribution in [1.82, 2.24) is 9.55 Å². The molecule has 148 valence electrons. The monoisotopic (exact) mass is 468 g/mol. The van der Waals surface area contributed by atoms with Gasteiger partial charge < -0.3 is 0 Å². The number of carbonyl (C=O) groups is 1. The van der Waals surface area contributed by atoms with Crippen molar-refractivity contribution < 1.29 is 4.79 Å². The van der Waals surface area contributed by atoms with Crippen molar-refractivity contribution >= 4 is 73.3 Å². The summed E-state index contributed by atoms with van der Waals surface area (Å²) in [5.41, 5.74) is 2.70. The average Bonchev–Trinajstić information content (AvgIpc) is 3.31. The van der Waals surface area contributed by atoms with Gasteiger partial charge in [0.05, 0.1) is 21.1 Å².